The third kappa shape index (κ3) is 1.47. The number of nitrogens with two attached hydrogens (primary N) is 1. The average molecular weight is 241 g/mol. The van der Waals surface area contributed by atoms with E-state index in [2.05, 4.69) is 19.9 Å². The second-order valence-electron chi connectivity index (χ2n) is 5.43. The third-order valence-electron chi connectivity index (χ3n) is 4.00. The highest BCUT2D eigenvalue weighted by atomic mass is 15.3. The Morgan fingerprint density at radius 2 is 1.94 bits per heavy atom. The molecule has 2 aromatic heterocycles. The molecule has 1 saturated heterocycles. The molecule has 92 valence electrons. The average Bonchev–Trinajstić information content (AvgIpc) is 3.19. The second-order valence-corrected chi connectivity index (χ2v) is 5.43. The molecule has 4 rings (SSSR count). The lowest BCUT2D eigenvalue weighted by atomic mass is 9.86. The summed E-state index contributed by atoms with van der Waals surface area (Å²) < 4.78 is 0. The highest BCUT2D eigenvalue weighted by Crippen LogP contribution is 2.43. The number of hydrogen-bond donors (Lipinski definition) is 1. The molecule has 1 aliphatic carbocycles. The highest BCUT2D eigenvalue weighted by Gasteiger charge is 2.50. The molecule has 3 heterocycles. The predicted octanol–water partition coefficient (Wildman–Crippen LogP) is 0.952. The van der Waals surface area contributed by atoms with Gasteiger partial charge in [-0.3, -0.25) is 4.98 Å². The molecule has 0 atom stereocenters. The molecule has 0 spiro atoms. The Hall–Kier alpha value is -1.75. The van der Waals surface area contributed by atoms with E-state index in [1.807, 2.05) is 12.1 Å². The smallest absolute Gasteiger partial charge is 0.180 e. The first kappa shape index (κ1) is 10.2. The minimum absolute atomic E-state index is 0.0268. The molecule has 2 N–H and O–H groups in total. The maximum atomic E-state index is 6.35. The van der Waals surface area contributed by atoms with Gasteiger partial charge in [0.05, 0.1) is 5.54 Å². The van der Waals surface area contributed by atoms with Gasteiger partial charge in [-0.2, -0.15) is 0 Å². The van der Waals surface area contributed by atoms with Gasteiger partial charge >= 0.3 is 0 Å². The normalized spacial score (nSPS) is 21.9. The number of rotatable bonds is 2. The van der Waals surface area contributed by atoms with Crippen molar-refractivity contribution in [3.05, 3.63) is 24.5 Å². The number of nitrogens with zero attached hydrogens (tertiary/aromatic N) is 4. The van der Waals surface area contributed by atoms with Gasteiger partial charge in [-0.15, -0.1) is 0 Å². The van der Waals surface area contributed by atoms with Gasteiger partial charge in [0, 0.05) is 25.5 Å². The summed E-state index contributed by atoms with van der Waals surface area (Å²) in [6, 6.07) is 3.97. The molecule has 5 heteroatoms. The van der Waals surface area contributed by atoms with Crippen LogP contribution in [0.5, 0.6) is 0 Å². The zero-order valence-corrected chi connectivity index (χ0v) is 10.1. The summed E-state index contributed by atoms with van der Waals surface area (Å²) >= 11 is 0. The van der Waals surface area contributed by atoms with Crippen molar-refractivity contribution in [1.82, 2.24) is 15.0 Å². The van der Waals surface area contributed by atoms with Crippen LogP contribution in [0.2, 0.25) is 0 Å². The molecule has 2 aromatic rings. The molecule has 1 aliphatic heterocycles. The number of aromatic nitrogens is 3. The van der Waals surface area contributed by atoms with E-state index in [0.717, 1.165) is 30.3 Å². The van der Waals surface area contributed by atoms with Crippen molar-refractivity contribution in [2.75, 3.05) is 18.0 Å². The van der Waals surface area contributed by atoms with Crippen molar-refractivity contribution < 1.29 is 0 Å². The number of anilines is 1. The topological polar surface area (TPSA) is 67.9 Å². The van der Waals surface area contributed by atoms with Crippen LogP contribution in [0.1, 0.15) is 12.8 Å². The summed E-state index contributed by atoms with van der Waals surface area (Å²) in [6.45, 7) is 1.83. The van der Waals surface area contributed by atoms with Crippen LogP contribution in [-0.4, -0.2) is 33.6 Å². The SMILES string of the molecule is NC1(C2CC2)CN(c2ccc3nccnc3n2)C1. The fraction of sp³-hybridized carbons (Fsp3) is 0.462. The Bertz CT molecular complexity index is 601. The molecule has 0 radical (unpaired) electrons. The summed E-state index contributed by atoms with van der Waals surface area (Å²) in [5, 5.41) is 0. The van der Waals surface area contributed by atoms with Crippen molar-refractivity contribution in [3.63, 3.8) is 0 Å². The monoisotopic (exact) mass is 241 g/mol. The van der Waals surface area contributed by atoms with Gasteiger partial charge < -0.3 is 10.6 Å². The van der Waals surface area contributed by atoms with Gasteiger partial charge in [0.15, 0.2) is 5.65 Å². The largest absolute Gasteiger partial charge is 0.353 e. The van der Waals surface area contributed by atoms with Crippen molar-refractivity contribution in [1.29, 1.82) is 0 Å². The Kier molecular flexibility index (Phi) is 1.92. The number of fused-ring (bicyclic) bond motifs is 1. The molecule has 5 nitrogen and oxygen atoms in total. The van der Waals surface area contributed by atoms with Crippen LogP contribution in [0.3, 0.4) is 0 Å². The minimum Gasteiger partial charge on any atom is -0.353 e. The lowest BCUT2D eigenvalue weighted by molar-refractivity contribution is 0.289. The quantitative estimate of drug-likeness (QED) is 0.848. The summed E-state index contributed by atoms with van der Waals surface area (Å²) in [4.78, 5) is 15.2. The zero-order valence-electron chi connectivity index (χ0n) is 10.1. The first-order valence-corrected chi connectivity index (χ1v) is 6.36. The molecule has 2 fully saturated rings. The van der Waals surface area contributed by atoms with Gasteiger partial charge in [-0.1, -0.05) is 0 Å². The lowest BCUT2D eigenvalue weighted by Crippen LogP contribution is -2.69. The van der Waals surface area contributed by atoms with Crippen LogP contribution in [-0.2, 0) is 0 Å². The molecule has 0 unspecified atom stereocenters. The molecule has 2 aliphatic rings. The van der Waals surface area contributed by atoms with E-state index in [4.69, 9.17) is 5.73 Å². The maximum Gasteiger partial charge on any atom is 0.180 e. The fourth-order valence-corrected chi connectivity index (χ4v) is 2.76. The molecule has 0 bridgehead atoms. The minimum atomic E-state index is 0.0268. The van der Waals surface area contributed by atoms with E-state index < -0.39 is 0 Å². The summed E-state index contributed by atoms with van der Waals surface area (Å²) in [5.41, 5.74) is 7.92. The Morgan fingerprint density at radius 1 is 1.17 bits per heavy atom. The molecule has 0 aromatic carbocycles. The van der Waals surface area contributed by atoms with Gasteiger partial charge in [0.1, 0.15) is 11.3 Å². The first-order chi connectivity index (χ1) is 8.74. The van der Waals surface area contributed by atoms with Gasteiger partial charge in [-0.25, -0.2) is 9.97 Å². The van der Waals surface area contributed by atoms with Crippen LogP contribution in [0, 0.1) is 5.92 Å². The van der Waals surface area contributed by atoms with E-state index in [1.165, 1.54) is 12.8 Å². The van der Waals surface area contributed by atoms with E-state index in [9.17, 15) is 0 Å². The Morgan fingerprint density at radius 3 is 2.72 bits per heavy atom. The standard InChI is InChI=1S/C13H15N5/c14-13(9-1-2-9)7-18(8-13)11-4-3-10-12(17-11)16-6-5-15-10/h3-6,9H,1-2,7-8,14H2. The van der Waals surface area contributed by atoms with E-state index >= 15 is 0 Å². The lowest BCUT2D eigenvalue weighted by Gasteiger charge is -2.49. The number of hydrogen-bond acceptors (Lipinski definition) is 5. The number of pyridine rings is 1. The van der Waals surface area contributed by atoms with Gasteiger partial charge in [0.2, 0.25) is 0 Å². The summed E-state index contributed by atoms with van der Waals surface area (Å²) in [5.74, 6) is 1.69. The van der Waals surface area contributed by atoms with Crippen molar-refractivity contribution in [2.45, 2.75) is 18.4 Å². The third-order valence-corrected chi connectivity index (χ3v) is 4.00. The second kappa shape index (κ2) is 3.38. The fourth-order valence-electron chi connectivity index (χ4n) is 2.76. The molecule has 1 saturated carbocycles. The molecular weight excluding hydrogens is 226 g/mol. The Labute approximate surface area is 105 Å². The van der Waals surface area contributed by atoms with Crippen molar-refractivity contribution >= 4 is 17.0 Å². The predicted molar refractivity (Wildman–Crippen MR) is 69.2 cm³/mol. The summed E-state index contributed by atoms with van der Waals surface area (Å²) in [7, 11) is 0. The Balaban J connectivity index is 1.60. The van der Waals surface area contributed by atoms with Crippen LogP contribution in [0.15, 0.2) is 24.5 Å². The van der Waals surface area contributed by atoms with Crippen molar-refractivity contribution in [3.8, 4) is 0 Å². The van der Waals surface area contributed by atoms with E-state index in [-0.39, 0.29) is 5.54 Å². The molecular formula is C13H15N5. The van der Waals surface area contributed by atoms with E-state index in [1.54, 1.807) is 12.4 Å². The van der Waals surface area contributed by atoms with Crippen molar-refractivity contribution in [2.24, 2.45) is 11.7 Å². The molecule has 18 heavy (non-hydrogen) atoms. The van der Waals surface area contributed by atoms with Gasteiger partial charge in [-0.05, 0) is 30.9 Å². The molecule has 0 amide bonds. The van der Waals surface area contributed by atoms with Crippen LogP contribution < -0.4 is 10.6 Å². The first-order valence-electron chi connectivity index (χ1n) is 6.36. The highest BCUT2D eigenvalue weighted by molar-refractivity contribution is 5.72. The summed E-state index contributed by atoms with van der Waals surface area (Å²) in [6.07, 6.45) is 5.94. The van der Waals surface area contributed by atoms with Crippen LogP contribution in [0.25, 0.3) is 11.2 Å². The van der Waals surface area contributed by atoms with Crippen LogP contribution >= 0.6 is 0 Å². The maximum absolute atomic E-state index is 6.35. The zero-order chi connectivity index (χ0) is 12.2. The van der Waals surface area contributed by atoms with Crippen LogP contribution in [0.4, 0.5) is 5.82 Å². The van der Waals surface area contributed by atoms with E-state index in [0.29, 0.717) is 5.65 Å². The van der Waals surface area contributed by atoms with Gasteiger partial charge in [0.25, 0.3) is 0 Å².